The number of esters is 1. The number of rotatable bonds is 6. The van der Waals surface area contributed by atoms with Crippen molar-refractivity contribution in [3.63, 3.8) is 0 Å². The van der Waals surface area contributed by atoms with Gasteiger partial charge in [0.15, 0.2) is 4.80 Å². The van der Waals surface area contributed by atoms with Gasteiger partial charge in [-0.1, -0.05) is 47.7 Å². The van der Waals surface area contributed by atoms with Crippen LogP contribution in [0.5, 0.6) is 0 Å². The zero-order chi connectivity index (χ0) is 28.7. The van der Waals surface area contributed by atoms with Crippen molar-refractivity contribution in [1.29, 1.82) is 0 Å². The molecule has 6 nitrogen and oxygen atoms in total. The number of ether oxygens (including phenoxy) is 1. The van der Waals surface area contributed by atoms with Crippen LogP contribution in [-0.4, -0.2) is 21.7 Å². The van der Waals surface area contributed by atoms with Crippen LogP contribution in [0, 0.1) is 19.7 Å². The highest BCUT2D eigenvalue weighted by Gasteiger charge is 2.35. The van der Waals surface area contributed by atoms with E-state index in [-0.39, 0.29) is 18.0 Å². The summed E-state index contributed by atoms with van der Waals surface area (Å²) in [6, 6.07) is 21.0. The van der Waals surface area contributed by atoms with Crippen molar-refractivity contribution in [2.75, 3.05) is 6.61 Å². The average molecular weight is 584 g/mol. The molecule has 9 heteroatoms. The third-order valence-electron chi connectivity index (χ3n) is 7.03. The van der Waals surface area contributed by atoms with Crippen LogP contribution in [0.1, 0.15) is 40.4 Å². The number of aryl methyl sites for hydroxylation is 1. The molecule has 41 heavy (non-hydrogen) atoms. The SMILES string of the molecule is CCOC(=O)C1=C(c2ccccc2)N=c2s/c(=C\c3cc(C)n(-c4ccc(F)cc4)c3C)c(=O)n2[C@H]1c1cccs1. The lowest BCUT2D eigenvalue weighted by Crippen LogP contribution is -2.39. The highest BCUT2D eigenvalue weighted by molar-refractivity contribution is 7.10. The van der Waals surface area contributed by atoms with Gasteiger partial charge in [0, 0.05) is 27.5 Å². The summed E-state index contributed by atoms with van der Waals surface area (Å²) in [6.07, 6.45) is 1.87. The molecule has 0 spiro atoms. The number of hydrogen-bond acceptors (Lipinski definition) is 6. The topological polar surface area (TPSA) is 65.6 Å². The minimum absolute atomic E-state index is 0.204. The maximum Gasteiger partial charge on any atom is 0.338 e. The molecule has 0 saturated carbocycles. The molecule has 0 saturated heterocycles. The zero-order valence-electron chi connectivity index (χ0n) is 22.6. The van der Waals surface area contributed by atoms with Gasteiger partial charge in [-0.15, -0.1) is 11.3 Å². The predicted octanol–water partition coefficient (Wildman–Crippen LogP) is 5.54. The lowest BCUT2D eigenvalue weighted by molar-refractivity contribution is -0.138. The van der Waals surface area contributed by atoms with E-state index in [1.807, 2.05) is 78.4 Å². The Hall–Kier alpha value is -4.34. The lowest BCUT2D eigenvalue weighted by atomic mass is 9.97. The van der Waals surface area contributed by atoms with Crippen LogP contribution in [0.3, 0.4) is 0 Å². The molecule has 0 fully saturated rings. The van der Waals surface area contributed by atoms with Gasteiger partial charge >= 0.3 is 5.97 Å². The fourth-order valence-corrected chi connectivity index (χ4v) is 7.03. The summed E-state index contributed by atoms with van der Waals surface area (Å²) in [7, 11) is 0. The van der Waals surface area contributed by atoms with Crippen molar-refractivity contribution in [3.8, 4) is 5.69 Å². The van der Waals surface area contributed by atoms with E-state index in [1.165, 1.54) is 34.8 Å². The minimum atomic E-state index is -0.672. The van der Waals surface area contributed by atoms with Crippen LogP contribution in [0.15, 0.2) is 93.5 Å². The summed E-state index contributed by atoms with van der Waals surface area (Å²) < 4.78 is 23.2. The molecule has 0 unspecified atom stereocenters. The second-order valence-corrected chi connectivity index (χ2v) is 11.6. The minimum Gasteiger partial charge on any atom is -0.463 e. The summed E-state index contributed by atoms with van der Waals surface area (Å²) in [4.78, 5) is 33.8. The summed E-state index contributed by atoms with van der Waals surface area (Å²) in [6.45, 7) is 5.91. The molecule has 2 aromatic carbocycles. The molecule has 0 radical (unpaired) electrons. The number of carbonyl (C=O) groups is 1. The van der Waals surface area contributed by atoms with Crippen LogP contribution >= 0.6 is 22.7 Å². The fourth-order valence-electron chi connectivity index (χ4n) is 5.22. The van der Waals surface area contributed by atoms with Gasteiger partial charge < -0.3 is 9.30 Å². The van der Waals surface area contributed by atoms with Crippen LogP contribution in [0.4, 0.5) is 4.39 Å². The Morgan fingerprint density at radius 2 is 1.83 bits per heavy atom. The first-order chi connectivity index (χ1) is 19.9. The van der Waals surface area contributed by atoms with Crippen molar-refractivity contribution in [2.24, 2.45) is 4.99 Å². The molecule has 206 valence electrons. The summed E-state index contributed by atoms with van der Waals surface area (Å²) in [5.74, 6) is -0.791. The number of nitrogens with zero attached hydrogens (tertiary/aromatic N) is 3. The van der Waals surface area contributed by atoms with Crippen molar-refractivity contribution in [1.82, 2.24) is 9.13 Å². The molecule has 1 aliphatic rings. The summed E-state index contributed by atoms with van der Waals surface area (Å²) in [5, 5.41) is 1.93. The zero-order valence-corrected chi connectivity index (χ0v) is 24.3. The van der Waals surface area contributed by atoms with Gasteiger partial charge in [0.1, 0.15) is 11.9 Å². The maximum absolute atomic E-state index is 14.1. The summed E-state index contributed by atoms with van der Waals surface area (Å²) in [5.41, 5.74) is 4.99. The van der Waals surface area contributed by atoms with Crippen LogP contribution in [0.25, 0.3) is 17.5 Å². The first kappa shape index (κ1) is 26.9. The largest absolute Gasteiger partial charge is 0.463 e. The molecule has 1 atom stereocenters. The molecule has 0 bridgehead atoms. The Labute approximate surface area is 243 Å². The van der Waals surface area contributed by atoms with E-state index in [4.69, 9.17) is 9.73 Å². The van der Waals surface area contributed by atoms with Gasteiger partial charge in [-0.2, -0.15) is 0 Å². The molecule has 1 aliphatic heterocycles. The Morgan fingerprint density at radius 1 is 1.07 bits per heavy atom. The molecule has 0 N–H and O–H groups in total. The number of thiophene rings is 1. The van der Waals surface area contributed by atoms with Crippen molar-refractivity contribution in [2.45, 2.75) is 26.8 Å². The Balaban J connectivity index is 1.58. The average Bonchev–Trinajstić information content (AvgIpc) is 3.68. The van der Waals surface area contributed by atoms with Gasteiger partial charge in [0.25, 0.3) is 5.56 Å². The monoisotopic (exact) mass is 583 g/mol. The lowest BCUT2D eigenvalue weighted by Gasteiger charge is -2.24. The Kier molecular flexibility index (Phi) is 7.15. The molecular formula is C32H26FN3O3S2. The second kappa shape index (κ2) is 10.9. The van der Waals surface area contributed by atoms with Gasteiger partial charge in [0.2, 0.25) is 0 Å². The number of carbonyl (C=O) groups excluding carboxylic acids is 1. The fraction of sp³-hybridized carbons (Fsp3) is 0.156. The molecule has 0 aliphatic carbocycles. The number of aromatic nitrogens is 2. The van der Waals surface area contributed by atoms with Crippen LogP contribution < -0.4 is 14.9 Å². The highest BCUT2D eigenvalue weighted by Crippen LogP contribution is 2.36. The Bertz CT molecular complexity index is 1970. The quantitative estimate of drug-likeness (QED) is 0.247. The third-order valence-corrected chi connectivity index (χ3v) is 8.94. The van der Waals surface area contributed by atoms with E-state index < -0.39 is 12.0 Å². The molecule has 6 rings (SSSR count). The maximum atomic E-state index is 14.1. The van der Waals surface area contributed by atoms with E-state index in [2.05, 4.69) is 0 Å². The molecule has 0 amide bonds. The molecule has 4 heterocycles. The number of halogens is 1. The van der Waals surface area contributed by atoms with Crippen molar-refractivity contribution in [3.05, 3.63) is 137 Å². The van der Waals surface area contributed by atoms with E-state index in [0.29, 0.717) is 20.6 Å². The standard InChI is InChI=1S/C32H26FN3O3S2/c1-4-39-31(38)27-28(21-9-6-5-7-10-21)34-32-36(29(27)25-11-8-16-40-25)30(37)26(41-32)18-22-17-19(2)35(20(22)3)24-14-12-23(33)13-15-24/h5-18,29H,4H2,1-3H3/b26-18-/t29-/m0/s1. The third kappa shape index (κ3) is 4.81. The second-order valence-electron chi connectivity index (χ2n) is 9.59. The van der Waals surface area contributed by atoms with E-state index in [0.717, 1.165) is 33.1 Å². The van der Waals surface area contributed by atoms with E-state index >= 15 is 0 Å². The van der Waals surface area contributed by atoms with Crippen molar-refractivity contribution >= 4 is 40.4 Å². The number of fused-ring (bicyclic) bond motifs is 1. The molecule has 3 aromatic heterocycles. The van der Waals surface area contributed by atoms with Gasteiger partial charge in [-0.3, -0.25) is 9.36 Å². The normalized spacial score (nSPS) is 15.1. The first-order valence-corrected chi connectivity index (χ1v) is 14.8. The smallest absolute Gasteiger partial charge is 0.338 e. The van der Waals surface area contributed by atoms with E-state index in [1.54, 1.807) is 23.6 Å². The number of benzene rings is 2. The molecular weight excluding hydrogens is 558 g/mol. The van der Waals surface area contributed by atoms with Crippen molar-refractivity contribution < 1.29 is 13.9 Å². The first-order valence-electron chi connectivity index (χ1n) is 13.1. The van der Waals surface area contributed by atoms with Gasteiger partial charge in [-0.25, -0.2) is 14.2 Å². The van der Waals surface area contributed by atoms with Crippen LogP contribution in [-0.2, 0) is 9.53 Å². The Morgan fingerprint density at radius 3 is 2.51 bits per heavy atom. The summed E-state index contributed by atoms with van der Waals surface area (Å²) >= 11 is 2.77. The van der Waals surface area contributed by atoms with Gasteiger partial charge in [-0.05, 0) is 74.2 Å². The van der Waals surface area contributed by atoms with Gasteiger partial charge in [0.05, 0.1) is 22.4 Å². The predicted molar refractivity (Wildman–Crippen MR) is 161 cm³/mol. The van der Waals surface area contributed by atoms with E-state index in [9.17, 15) is 14.0 Å². The number of hydrogen-bond donors (Lipinski definition) is 0. The molecule has 5 aromatic rings. The number of thiazole rings is 1. The van der Waals surface area contributed by atoms with Crippen LogP contribution in [0.2, 0.25) is 0 Å². The highest BCUT2D eigenvalue weighted by atomic mass is 32.1.